The van der Waals surface area contributed by atoms with Crippen LogP contribution in [-0.4, -0.2) is 31.9 Å². The molecule has 2 aromatic heterocycles. The van der Waals surface area contributed by atoms with Gasteiger partial charge in [0.05, 0.1) is 22.5 Å². The first kappa shape index (κ1) is 17.3. The molecule has 27 heavy (non-hydrogen) atoms. The molecule has 8 heteroatoms. The Bertz CT molecular complexity index is 949. The number of nitrogens with zero attached hydrogens (tertiary/aromatic N) is 2. The maximum absolute atomic E-state index is 12.6. The second kappa shape index (κ2) is 6.88. The average Bonchev–Trinajstić information content (AvgIpc) is 3.27. The summed E-state index contributed by atoms with van der Waals surface area (Å²) in [6.07, 6.45) is 4.77. The molecule has 0 bridgehead atoms. The van der Waals surface area contributed by atoms with E-state index in [9.17, 15) is 9.90 Å². The van der Waals surface area contributed by atoms with E-state index < -0.39 is 17.7 Å². The molecule has 0 radical (unpaired) electrons. The average molecular weight is 366 g/mol. The molecule has 2 heterocycles. The summed E-state index contributed by atoms with van der Waals surface area (Å²) in [5.41, 5.74) is 6.35. The minimum Gasteiger partial charge on any atom is -0.387 e. The number of hydrogen-bond acceptors (Lipinski definition) is 5. The zero-order chi connectivity index (χ0) is 18.9. The van der Waals surface area contributed by atoms with Gasteiger partial charge in [0.2, 0.25) is 0 Å². The monoisotopic (exact) mass is 366 g/mol. The number of aromatic nitrogens is 3. The Kier molecular flexibility index (Phi) is 4.41. The molecule has 0 saturated heterocycles. The van der Waals surface area contributed by atoms with E-state index in [0.29, 0.717) is 35.4 Å². The fourth-order valence-corrected chi connectivity index (χ4v) is 3.73. The van der Waals surface area contributed by atoms with Gasteiger partial charge in [0.15, 0.2) is 5.82 Å². The zero-order valence-corrected chi connectivity index (χ0v) is 14.8. The van der Waals surface area contributed by atoms with Crippen molar-refractivity contribution in [3.8, 4) is 0 Å². The predicted octanol–water partition coefficient (Wildman–Crippen LogP) is 2.71. The van der Waals surface area contributed by atoms with Crippen LogP contribution in [0.3, 0.4) is 0 Å². The maximum Gasteiger partial charge on any atom is 0.320 e. The summed E-state index contributed by atoms with van der Waals surface area (Å²) in [7, 11) is 0. The molecule has 8 nitrogen and oxygen atoms in total. The van der Waals surface area contributed by atoms with E-state index in [1.165, 1.54) is 0 Å². The van der Waals surface area contributed by atoms with Crippen LogP contribution in [0.25, 0.3) is 10.9 Å². The van der Waals surface area contributed by atoms with Crippen molar-refractivity contribution in [3.05, 3.63) is 48.2 Å². The number of fused-ring (bicyclic) bond motifs is 1. The Balaban J connectivity index is 1.54. The molecule has 0 spiro atoms. The second-order valence-electron chi connectivity index (χ2n) is 6.98. The number of carbonyl (C=O) groups excluding carboxylic acids is 1. The first-order valence-electron chi connectivity index (χ1n) is 9.00. The van der Waals surface area contributed by atoms with Gasteiger partial charge in [0, 0.05) is 12.3 Å². The topological polar surface area (TPSA) is 129 Å². The van der Waals surface area contributed by atoms with Crippen LogP contribution in [0.4, 0.5) is 16.4 Å². The van der Waals surface area contributed by atoms with Crippen LogP contribution in [0.1, 0.15) is 37.3 Å². The minimum atomic E-state index is -0.950. The van der Waals surface area contributed by atoms with Crippen molar-refractivity contribution in [1.29, 1.82) is 0 Å². The number of nitrogen functional groups attached to an aromatic ring is 1. The van der Waals surface area contributed by atoms with Gasteiger partial charge in [0.25, 0.3) is 0 Å². The highest BCUT2D eigenvalue weighted by Crippen LogP contribution is 2.39. The third-order valence-corrected chi connectivity index (χ3v) is 5.13. The number of aromatic amines is 1. The van der Waals surface area contributed by atoms with Gasteiger partial charge < -0.3 is 16.2 Å². The van der Waals surface area contributed by atoms with Crippen molar-refractivity contribution in [2.45, 2.75) is 37.3 Å². The van der Waals surface area contributed by atoms with Gasteiger partial charge in [-0.2, -0.15) is 5.10 Å². The Morgan fingerprint density at radius 3 is 2.74 bits per heavy atom. The summed E-state index contributed by atoms with van der Waals surface area (Å²) in [5, 5.41) is 24.1. The van der Waals surface area contributed by atoms with Gasteiger partial charge in [-0.25, -0.2) is 9.78 Å². The summed E-state index contributed by atoms with van der Waals surface area (Å²) in [6, 6.07) is 10.3. The molecule has 6 N–H and O–H groups in total. The minimum absolute atomic E-state index is 0.362. The van der Waals surface area contributed by atoms with Gasteiger partial charge in [-0.3, -0.25) is 10.4 Å². The van der Waals surface area contributed by atoms with Crippen molar-refractivity contribution in [2.24, 2.45) is 0 Å². The van der Waals surface area contributed by atoms with Crippen molar-refractivity contribution in [3.63, 3.8) is 0 Å². The molecule has 1 fully saturated rings. The van der Waals surface area contributed by atoms with E-state index >= 15 is 0 Å². The molecule has 1 atom stereocenters. The Labute approximate surface area is 156 Å². The maximum atomic E-state index is 12.6. The molecule has 3 aromatic rings. The number of nitrogens with two attached hydrogens (primary N) is 1. The standard InChI is InChI=1S/C19H22N6O2/c20-17-13-11-21-15(10-14(13)24-25-17)22-18(26)23-16(12-6-2-1-3-7-12)19(27)8-4-5-9-19/h1-3,6-7,10-11,16,27H,4-5,8-9H2,(H3,20,24,25)(H2,21,22,23,26). The number of rotatable bonds is 4. The van der Waals surface area contributed by atoms with E-state index in [2.05, 4.69) is 25.8 Å². The Hall–Kier alpha value is -3.13. The number of nitrogens with one attached hydrogen (secondary N) is 3. The van der Waals surface area contributed by atoms with E-state index in [4.69, 9.17) is 5.73 Å². The van der Waals surface area contributed by atoms with Crippen LogP contribution in [-0.2, 0) is 0 Å². The fourth-order valence-electron chi connectivity index (χ4n) is 3.73. The molecule has 1 aromatic carbocycles. The summed E-state index contributed by atoms with van der Waals surface area (Å²) < 4.78 is 0. The molecule has 0 aliphatic heterocycles. The summed E-state index contributed by atoms with van der Waals surface area (Å²) >= 11 is 0. The number of amides is 2. The zero-order valence-electron chi connectivity index (χ0n) is 14.8. The molecule has 1 unspecified atom stereocenters. The Morgan fingerprint density at radius 1 is 1.26 bits per heavy atom. The SMILES string of the molecule is Nc1n[nH]c2cc(NC(=O)NC(c3ccccc3)C3(O)CCCC3)ncc12. The van der Waals surface area contributed by atoms with Crippen LogP contribution >= 0.6 is 0 Å². The molecular weight excluding hydrogens is 344 g/mol. The first-order valence-corrected chi connectivity index (χ1v) is 9.00. The number of carbonyl (C=O) groups is 1. The molecule has 1 aliphatic rings. The van der Waals surface area contributed by atoms with Crippen molar-refractivity contribution >= 4 is 28.6 Å². The third kappa shape index (κ3) is 3.43. The van der Waals surface area contributed by atoms with Crippen LogP contribution in [0.15, 0.2) is 42.6 Å². The molecule has 1 saturated carbocycles. The quantitative estimate of drug-likeness (QED) is 0.485. The summed E-state index contributed by atoms with van der Waals surface area (Å²) in [6.45, 7) is 0. The normalized spacial score (nSPS) is 16.9. The summed E-state index contributed by atoms with van der Waals surface area (Å²) in [4.78, 5) is 16.8. The molecular formula is C19H22N6O2. The van der Waals surface area contributed by atoms with Gasteiger partial charge in [0.1, 0.15) is 5.82 Å². The van der Waals surface area contributed by atoms with Gasteiger partial charge in [-0.05, 0) is 18.4 Å². The lowest BCUT2D eigenvalue weighted by Gasteiger charge is -2.33. The van der Waals surface area contributed by atoms with Crippen LogP contribution in [0, 0.1) is 0 Å². The second-order valence-corrected chi connectivity index (χ2v) is 6.98. The first-order chi connectivity index (χ1) is 13.0. The lowest BCUT2D eigenvalue weighted by Crippen LogP contribution is -2.45. The number of urea groups is 1. The van der Waals surface area contributed by atoms with Gasteiger partial charge >= 0.3 is 6.03 Å². The van der Waals surface area contributed by atoms with Crippen molar-refractivity contribution < 1.29 is 9.90 Å². The number of anilines is 2. The van der Waals surface area contributed by atoms with Crippen LogP contribution in [0.5, 0.6) is 0 Å². The number of hydrogen-bond donors (Lipinski definition) is 5. The number of aliphatic hydroxyl groups is 1. The molecule has 140 valence electrons. The lowest BCUT2D eigenvalue weighted by molar-refractivity contribution is 0.0113. The van der Waals surface area contributed by atoms with E-state index in [0.717, 1.165) is 18.4 Å². The smallest absolute Gasteiger partial charge is 0.320 e. The number of benzene rings is 1. The van der Waals surface area contributed by atoms with E-state index in [1.54, 1.807) is 12.3 Å². The lowest BCUT2D eigenvalue weighted by atomic mass is 9.87. The van der Waals surface area contributed by atoms with E-state index in [1.807, 2.05) is 30.3 Å². The fraction of sp³-hybridized carbons (Fsp3) is 0.316. The largest absolute Gasteiger partial charge is 0.387 e. The number of H-pyrrole nitrogens is 1. The van der Waals surface area contributed by atoms with Crippen molar-refractivity contribution in [2.75, 3.05) is 11.1 Å². The number of pyridine rings is 1. The van der Waals surface area contributed by atoms with Gasteiger partial charge in [-0.15, -0.1) is 0 Å². The van der Waals surface area contributed by atoms with Gasteiger partial charge in [-0.1, -0.05) is 43.2 Å². The van der Waals surface area contributed by atoms with Crippen molar-refractivity contribution in [1.82, 2.24) is 20.5 Å². The molecule has 4 rings (SSSR count). The highest BCUT2D eigenvalue weighted by molar-refractivity contribution is 5.93. The third-order valence-electron chi connectivity index (χ3n) is 5.13. The predicted molar refractivity (Wildman–Crippen MR) is 103 cm³/mol. The van der Waals surface area contributed by atoms with E-state index in [-0.39, 0.29) is 0 Å². The highest BCUT2D eigenvalue weighted by atomic mass is 16.3. The van der Waals surface area contributed by atoms with Crippen LogP contribution in [0.2, 0.25) is 0 Å². The molecule has 1 aliphatic carbocycles. The summed E-state index contributed by atoms with van der Waals surface area (Å²) in [5.74, 6) is 0.731. The Morgan fingerprint density at radius 2 is 2.00 bits per heavy atom. The van der Waals surface area contributed by atoms with Crippen LogP contribution < -0.4 is 16.4 Å². The highest BCUT2D eigenvalue weighted by Gasteiger charge is 2.41. The molecule has 2 amide bonds.